The number of carbonyl (C=O) groups is 4. The van der Waals surface area contributed by atoms with Crippen molar-refractivity contribution in [2.24, 2.45) is 26.4 Å². The highest BCUT2D eigenvalue weighted by atomic mass is 16.6. The zero-order chi connectivity index (χ0) is 32.4. The Balaban J connectivity index is 0.000000430. The molecule has 2 aliphatic heterocycles. The first-order valence-corrected chi connectivity index (χ1v) is 13.3. The molecule has 43 heavy (non-hydrogen) atoms. The highest BCUT2D eigenvalue weighted by Crippen LogP contribution is 2.06. The number of piperazine rings is 2. The molecule has 242 valence electrons. The van der Waals surface area contributed by atoms with Crippen molar-refractivity contribution in [1.29, 1.82) is 0 Å². The lowest BCUT2D eigenvalue weighted by Gasteiger charge is -2.34. The summed E-state index contributed by atoms with van der Waals surface area (Å²) in [5, 5.41) is 14.8. The molecule has 0 spiro atoms. The summed E-state index contributed by atoms with van der Waals surface area (Å²) in [4.78, 5) is 72.8. The van der Waals surface area contributed by atoms with Gasteiger partial charge in [-0.2, -0.15) is 0 Å². The maximum Gasteiger partial charge on any atom is 0.319 e. The lowest BCUT2D eigenvalue weighted by Crippen LogP contribution is -2.52. The van der Waals surface area contributed by atoms with Crippen LogP contribution in [0.1, 0.15) is 13.8 Å². The lowest BCUT2D eigenvalue weighted by atomic mass is 10.2. The van der Waals surface area contributed by atoms with Gasteiger partial charge in [-0.3, -0.25) is 29.0 Å². The van der Waals surface area contributed by atoms with Crippen LogP contribution in [0.25, 0.3) is 0 Å². The number of amides is 3. The SMILES string of the molecule is CON=C(C)C(=NOC)C(=O)N1CCN(CC(=O)OC)CC1.CON=C(C)C(=NOC)C(=O)N1CCN(CC(N)=O)CC1. The first-order chi connectivity index (χ1) is 20.5. The Labute approximate surface area is 250 Å². The molecule has 0 aliphatic carbocycles. The molecule has 0 aromatic rings. The normalized spacial score (nSPS) is 17.4. The topological polar surface area (TPSA) is 203 Å². The fraction of sp³-hybridized carbons (Fsp3) is 0.680. The minimum Gasteiger partial charge on any atom is -0.468 e. The van der Waals surface area contributed by atoms with Crippen LogP contribution in [0.3, 0.4) is 0 Å². The third-order valence-electron chi connectivity index (χ3n) is 6.19. The Hall–Kier alpha value is -4.32. The van der Waals surface area contributed by atoms with Crippen LogP contribution >= 0.6 is 0 Å². The molecule has 18 heteroatoms. The molecule has 0 aromatic carbocycles. The van der Waals surface area contributed by atoms with Gasteiger partial charge in [0.25, 0.3) is 11.8 Å². The average molecular weight is 614 g/mol. The maximum atomic E-state index is 12.5. The molecule has 2 aliphatic rings. The van der Waals surface area contributed by atoms with Gasteiger partial charge < -0.3 is 39.6 Å². The van der Waals surface area contributed by atoms with Crippen LogP contribution in [0.5, 0.6) is 0 Å². The first kappa shape index (κ1) is 36.7. The van der Waals surface area contributed by atoms with E-state index in [1.54, 1.807) is 23.6 Å². The highest BCUT2D eigenvalue weighted by molar-refractivity contribution is 6.66. The van der Waals surface area contributed by atoms with Crippen LogP contribution in [0.4, 0.5) is 0 Å². The van der Waals surface area contributed by atoms with Crippen molar-refractivity contribution in [1.82, 2.24) is 19.6 Å². The highest BCUT2D eigenvalue weighted by Gasteiger charge is 2.29. The fourth-order valence-electron chi connectivity index (χ4n) is 4.05. The third-order valence-corrected chi connectivity index (χ3v) is 6.19. The number of nitrogens with zero attached hydrogens (tertiary/aromatic N) is 8. The molecule has 2 N–H and O–H groups in total. The Morgan fingerprint density at radius 3 is 1.23 bits per heavy atom. The van der Waals surface area contributed by atoms with Gasteiger partial charge in [0.2, 0.25) is 5.91 Å². The Morgan fingerprint density at radius 2 is 0.930 bits per heavy atom. The van der Waals surface area contributed by atoms with E-state index in [0.29, 0.717) is 63.8 Å². The molecule has 0 unspecified atom stereocenters. The van der Waals surface area contributed by atoms with E-state index in [4.69, 9.17) is 10.6 Å². The molecule has 2 saturated heterocycles. The van der Waals surface area contributed by atoms with Gasteiger partial charge in [-0.1, -0.05) is 20.6 Å². The Kier molecular flexibility index (Phi) is 16.8. The second-order valence-corrected chi connectivity index (χ2v) is 9.14. The molecule has 0 aromatic heterocycles. The quantitative estimate of drug-likeness (QED) is 0.144. The van der Waals surface area contributed by atoms with E-state index in [2.05, 4.69) is 39.9 Å². The van der Waals surface area contributed by atoms with Gasteiger partial charge in [0, 0.05) is 52.4 Å². The van der Waals surface area contributed by atoms with E-state index in [9.17, 15) is 19.2 Å². The van der Waals surface area contributed by atoms with Crippen LogP contribution in [0, 0.1) is 0 Å². The number of esters is 1. The van der Waals surface area contributed by atoms with Crippen LogP contribution in [-0.2, 0) is 43.3 Å². The lowest BCUT2D eigenvalue weighted by molar-refractivity contribution is -0.142. The summed E-state index contributed by atoms with van der Waals surface area (Å²) >= 11 is 0. The zero-order valence-corrected chi connectivity index (χ0v) is 25.9. The van der Waals surface area contributed by atoms with E-state index in [1.807, 2.05) is 9.80 Å². The summed E-state index contributed by atoms with van der Waals surface area (Å²) in [5.41, 5.74) is 6.03. The van der Waals surface area contributed by atoms with Crippen LogP contribution in [0.2, 0.25) is 0 Å². The molecule has 0 radical (unpaired) electrons. The van der Waals surface area contributed by atoms with Crippen molar-refractivity contribution in [3.63, 3.8) is 0 Å². The minimum absolute atomic E-state index is 0.0997. The number of ether oxygens (including phenoxy) is 1. The third kappa shape index (κ3) is 12.6. The van der Waals surface area contributed by atoms with Gasteiger partial charge in [0.1, 0.15) is 39.9 Å². The molecule has 18 nitrogen and oxygen atoms in total. The van der Waals surface area contributed by atoms with E-state index in [1.165, 1.54) is 35.5 Å². The maximum absolute atomic E-state index is 12.5. The average Bonchev–Trinajstić information content (AvgIpc) is 2.99. The van der Waals surface area contributed by atoms with Crippen LogP contribution in [0.15, 0.2) is 20.6 Å². The van der Waals surface area contributed by atoms with E-state index >= 15 is 0 Å². The molecular formula is C25H43N9O9. The molecule has 0 saturated carbocycles. The smallest absolute Gasteiger partial charge is 0.319 e. The second kappa shape index (κ2) is 19.7. The second-order valence-electron chi connectivity index (χ2n) is 9.14. The van der Waals surface area contributed by atoms with Crippen molar-refractivity contribution in [2.75, 3.05) is 101 Å². The summed E-state index contributed by atoms with van der Waals surface area (Å²) in [6, 6.07) is 0. The van der Waals surface area contributed by atoms with Gasteiger partial charge in [0.15, 0.2) is 11.4 Å². The summed E-state index contributed by atoms with van der Waals surface area (Å²) in [7, 11) is 6.86. The molecule has 0 atom stereocenters. The van der Waals surface area contributed by atoms with Gasteiger partial charge in [0.05, 0.1) is 20.2 Å². The standard InChI is InChI=1S/C13H22N4O5.C12H21N5O4/c1-10(14-21-3)12(15-22-4)13(19)17-7-5-16(6-8-17)9-11(18)20-2;1-9(14-20-2)11(15-21-3)12(19)17-6-4-16(5-7-17)8-10(13)18/h5-9H2,1-4H3;4-8H2,1-3H3,(H2,13,18). The van der Waals surface area contributed by atoms with E-state index in [-0.39, 0.29) is 48.2 Å². The van der Waals surface area contributed by atoms with Crippen molar-refractivity contribution >= 4 is 46.5 Å². The fourth-order valence-corrected chi connectivity index (χ4v) is 4.05. The van der Waals surface area contributed by atoms with Crippen LogP contribution in [-0.4, -0.2) is 167 Å². The Morgan fingerprint density at radius 1 is 0.581 bits per heavy atom. The van der Waals surface area contributed by atoms with Gasteiger partial charge >= 0.3 is 5.97 Å². The number of nitrogens with two attached hydrogens (primary N) is 1. The van der Waals surface area contributed by atoms with Gasteiger partial charge in [-0.25, -0.2) is 0 Å². The number of primary amides is 1. The molecule has 0 bridgehead atoms. The first-order valence-electron chi connectivity index (χ1n) is 13.3. The van der Waals surface area contributed by atoms with Gasteiger partial charge in [-0.15, -0.1) is 0 Å². The number of hydrogen-bond acceptors (Lipinski definition) is 15. The summed E-state index contributed by atoms with van der Waals surface area (Å²) < 4.78 is 4.63. The van der Waals surface area contributed by atoms with Gasteiger partial charge in [-0.05, 0) is 13.8 Å². The molecule has 3 amide bonds. The largest absolute Gasteiger partial charge is 0.468 e. The number of hydrogen-bond donors (Lipinski definition) is 1. The van der Waals surface area contributed by atoms with Crippen LogP contribution < -0.4 is 5.73 Å². The van der Waals surface area contributed by atoms with Crippen molar-refractivity contribution in [3.05, 3.63) is 0 Å². The number of methoxy groups -OCH3 is 1. The zero-order valence-electron chi connectivity index (χ0n) is 25.9. The number of oxime groups is 4. The summed E-state index contributed by atoms with van der Waals surface area (Å²) in [5.74, 6) is -1.23. The van der Waals surface area contributed by atoms with Crippen molar-refractivity contribution in [2.45, 2.75) is 13.8 Å². The minimum atomic E-state index is -0.375. The molecular weight excluding hydrogens is 570 g/mol. The molecule has 2 rings (SSSR count). The monoisotopic (exact) mass is 613 g/mol. The summed E-state index contributed by atoms with van der Waals surface area (Å²) in [6.07, 6.45) is 0. The predicted molar refractivity (Wildman–Crippen MR) is 156 cm³/mol. The van der Waals surface area contributed by atoms with E-state index in [0.717, 1.165) is 0 Å². The Bertz CT molecular complexity index is 1060. The number of carbonyl (C=O) groups excluding carboxylic acids is 4. The van der Waals surface area contributed by atoms with Crippen molar-refractivity contribution in [3.8, 4) is 0 Å². The molecule has 2 fully saturated rings. The number of rotatable bonds is 12. The van der Waals surface area contributed by atoms with E-state index < -0.39 is 0 Å². The predicted octanol–water partition coefficient (Wildman–Crippen LogP) is -2.03. The molecule has 2 heterocycles. The van der Waals surface area contributed by atoms with Crippen molar-refractivity contribution < 1.29 is 43.3 Å². The summed E-state index contributed by atoms with van der Waals surface area (Å²) in [6.45, 7) is 7.91.